The molecule has 2 aromatic rings. The molecule has 6 rings (SSSR count). The molecule has 1 amide bonds. The summed E-state index contributed by atoms with van der Waals surface area (Å²) >= 11 is 0. The number of piperidine rings is 1. The summed E-state index contributed by atoms with van der Waals surface area (Å²) in [6.07, 6.45) is 5.81. The van der Waals surface area contributed by atoms with Crippen molar-refractivity contribution in [2.45, 2.75) is 69.5 Å². The first kappa shape index (κ1) is 25.6. The van der Waals surface area contributed by atoms with Gasteiger partial charge in [0.2, 0.25) is 15.9 Å². The first-order chi connectivity index (χ1) is 18.0. The molecule has 0 unspecified atom stereocenters. The molecule has 0 atom stereocenters. The highest BCUT2D eigenvalue weighted by Crippen LogP contribution is 2.54. The molecule has 3 fully saturated rings. The van der Waals surface area contributed by atoms with Gasteiger partial charge in [0.25, 0.3) is 5.91 Å². The number of fused-ring (bicyclic) bond motifs is 2. The highest BCUT2D eigenvalue weighted by atomic mass is 32.2. The molecular formula is C28H33F2N3O4S. The fourth-order valence-corrected chi connectivity index (χ4v) is 6.85. The third kappa shape index (κ3) is 5.00. The van der Waals surface area contributed by atoms with Crippen LogP contribution in [-0.4, -0.2) is 39.6 Å². The summed E-state index contributed by atoms with van der Waals surface area (Å²) in [6.45, 7) is 2.00. The Morgan fingerprint density at radius 1 is 0.921 bits per heavy atom. The third-order valence-corrected chi connectivity index (χ3v) is 9.43. The minimum atomic E-state index is -3.47. The van der Waals surface area contributed by atoms with Gasteiger partial charge in [-0.25, -0.2) is 17.2 Å². The maximum Gasteiger partial charge on any atom is 0.257 e. The SMILES string of the molecule is CS(=O)(=O)Nc1ccc(C(=O)Nc2ccc3c(c2)C2(CCC(F)(F)CC2)OC3)c(N2CCC3(CC2)CC3)c1. The van der Waals surface area contributed by atoms with Crippen LogP contribution in [0, 0.1) is 5.41 Å². The first-order valence-electron chi connectivity index (χ1n) is 13.3. The second-order valence-corrected chi connectivity index (χ2v) is 13.3. The van der Waals surface area contributed by atoms with Crippen LogP contribution in [0.1, 0.15) is 72.9 Å². The van der Waals surface area contributed by atoms with Gasteiger partial charge in [-0.2, -0.15) is 0 Å². The minimum absolute atomic E-state index is 0.211. The van der Waals surface area contributed by atoms with Gasteiger partial charge in [0, 0.05) is 31.6 Å². The van der Waals surface area contributed by atoms with Crippen LogP contribution in [0.25, 0.3) is 0 Å². The van der Waals surface area contributed by atoms with Crippen molar-refractivity contribution in [3.63, 3.8) is 0 Å². The van der Waals surface area contributed by atoms with Crippen molar-refractivity contribution in [2.75, 3.05) is 34.3 Å². The van der Waals surface area contributed by atoms with Crippen molar-refractivity contribution < 1.29 is 26.7 Å². The third-order valence-electron chi connectivity index (χ3n) is 8.82. The number of halogens is 2. The van der Waals surface area contributed by atoms with E-state index in [1.807, 2.05) is 18.2 Å². The van der Waals surface area contributed by atoms with E-state index in [2.05, 4.69) is 14.9 Å². The standard InChI is InChI=1S/C28H33F2N3O4S/c1-38(35,36)32-21-4-5-22(24(17-21)33-14-12-26(6-7-26)13-15-33)25(34)31-20-3-2-19-18-37-27(23(19)16-20)8-10-28(29,30)11-9-27/h2-5,16-17,32H,6-15,18H2,1H3,(H,31,34). The van der Waals surface area contributed by atoms with E-state index in [1.54, 1.807) is 18.2 Å². The van der Waals surface area contributed by atoms with Gasteiger partial charge in [-0.1, -0.05) is 6.07 Å². The lowest BCUT2D eigenvalue weighted by Gasteiger charge is -2.37. The molecule has 0 bridgehead atoms. The Balaban J connectivity index is 1.26. The van der Waals surface area contributed by atoms with Crippen LogP contribution in [0.4, 0.5) is 25.8 Å². The summed E-state index contributed by atoms with van der Waals surface area (Å²) in [5, 5.41) is 2.99. The van der Waals surface area contributed by atoms with Gasteiger partial charge in [-0.3, -0.25) is 9.52 Å². The normalized spacial score (nSPS) is 22.8. The largest absolute Gasteiger partial charge is 0.371 e. The summed E-state index contributed by atoms with van der Waals surface area (Å²) in [6, 6.07) is 10.6. The number of rotatable bonds is 5. The summed E-state index contributed by atoms with van der Waals surface area (Å²) in [5.41, 5.74) is 3.72. The van der Waals surface area contributed by atoms with Gasteiger partial charge >= 0.3 is 0 Å². The van der Waals surface area contributed by atoms with E-state index in [4.69, 9.17) is 4.74 Å². The fraction of sp³-hybridized carbons (Fsp3) is 0.536. The quantitative estimate of drug-likeness (QED) is 0.509. The average molecular weight is 546 g/mol. The molecule has 10 heteroatoms. The van der Waals surface area contributed by atoms with Crippen LogP contribution in [0.3, 0.4) is 0 Å². The number of anilines is 3. The Kier molecular flexibility index (Phi) is 5.99. The number of alkyl halides is 2. The van der Waals surface area contributed by atoms with Crippen LogP contribution in [0.5, 0.6) is 0 Å². The monoisotopic (exact) mass is 545 g/mol. The molecule has 38 heavy (non-hydrogen) atoms. The molecule has 7 nitrogen and oxygen atoms in total. The molecule has 2 aromatic carbocycles. The number of nitrogens with one attached hydrogen (secondary N) is 2. The summed E-state index contributed by atoms with van der Waals surface area (Å²) in [5.74, 6) is -2.97. The zero-order chi connectivity index (χ0) is 26.8. The van der Waals surface area contributed by atoms with Crippen LogP contribution >= 0.6 is 0 Å². The van der Waals surface area contributed by atoms with E-state index in [0.29, 0.717) is 34.6 Å². The predicted octanol–water partition coefficient (Wildman–Crippen LogP) is 5.63. The van der Waals surface area contributed by atoms with E-state index >= 15 is 0 Å². The van der Waals surface area contributed by atoms with Gasteiger partial charge in [0.1, 0.15) is 0 Å². The van der Waals surface area contributed by atoms with Crippen LogP contribution in [0.2, 0.25) is 0 Å². The van der Waals surface area contributed by atoms with Crippen LogP contribution in [0.15, 0.2) is 36.4 Å². The molecule has 2 N–H and O–H groups in total. The molecule has 0 radical (unpaired) electrons. The second-order valence-electron chi connectivity index (χ2n) is 11.6. The van der Waals surface area contributed by atoms with Crippen molar-refractivity contribution in [1.29, 1.82) is 0 Å². The Hall–Kier alpha value is -2.72. The molecule has 1 saturated heterocycles. The van der Waals surface area contributed by atoms with Crippen molar-refractivity contribution >= 4 is 33.0 Å². The number of carbonyl (C=O) groups excluding carboxylic acids is 1. The fourth-order valence-electron chi connectivity index (χ4n) is 6.29. The molecule has 2 spiro atoms. The van der Waals surface area contributed by atoms with Crippen LogP contribution in [-0.2, 0) is 27.0 Å². The smallest absolute Gasteiger partial charge is 0.257 e. The van der Waals surface area contributed by atoms with Crippen molar-refractivity contribution in [1.82, 2.24) is 0 Å². The van der Waals surface area contributed by atoms with Gasteiger partial charge in [0.15, 0.2) is 0 Å². The molecule has 2 heterocycles. The number of amides is 1. The topological polar surface area (TPSA) is 87.7 Å². The van der Waals surface area contributed by atoms with Gasteiger partial charge < -0.3 is 15.0 Å². The van der Waals surface area contributed by atoms with E-state index in [0.717, 1.165) is 43.3 Å². The molecule has 4 aliphatic rings. The van der Waals surface area contributed by atoms with Crippen molar-refractivity contribution in [2.24, 2.45) is 5.41 Å². The van der Waals surface area contributed by atoms with E-state index in [-0.39, 0.29) is 31.6 Å². The van der Waals surface area contributed by atoms with E-state index in [9.17, 15) is 22.0 Å². The van der Waals surface area contributed by atoms with Gasteiger partial charge in [0.05, 0.1) is 35.4 Å². The van der Waals surface area contributed by atoms with E-state index in [1.165, 1.54) is 12.8 Å². The van der Waals surface area contributed by atoms with Crippen LogP contribution < -0.4 is 14.9 Å². The highest BCUT2D eigenvalue weighted by Gasteiger charge is 2.48. The zero-order valence-electron chi connectivity index (χ0n) is 21.5. The second kappa shape index (κ2) is 8.91. The maximum atomic E-state index is 13.9. The molecule has 2 aliphatic carbocycles. The zero-order valence-corrected chi connectivity index (χ0v) is 22.3. The number of hydrogen-bond donors (Lipinski definition) is 2. The lowest BCUT2D eigenvalue weighted by atomic mass is 9.77. The first-order valence-corrected chi connectivity index (χ1v) is 15.2. The van der Waals surface area contributed by atoms with Crippen molar-refractivity contribution in [3.05, 3.63) is 53.1 Å². The van der Waals surface area contributed by atoms with Crippen molar-refractivity contribution in [3.8, 4) is 0 Å². The number of hydrogen-bond acceptors (Lipinski definition) is 5. The lowest BCUT2D eigenvalue weighted by molar-refractivity contribution is -0.130. The van der Waals surface area contributed by atoms with Gasteiger partial charge in [-0.15, -0.1) is 0 Å². The number of carbonyl (C=O) groups is 1. The Morgan fingerprint density at radius 3 is 2.26 bits per heavy atom. The Morgan fingerprint density at radius 2 is 1.61 bits per heavy atom. The molecule has 204 valence electrons. The number of benzene rings is 2. The molecule has 0 aromatic heterocycles. The van der Waals surface area contributed by atoms with E-state index < -0.39 is 21.5 Å². The highest BCUT2D eigenvalue weighted by molar-refractivity contribution is 7.92. The summed E-state index contributed by atoms with van der Waals surface area (Å²) in [4.78, 5) is 15.7. The predicted molar refractivity (Wildman–Crippen MR) is 142 cm³/mol. The maximum absolute atomic E-state index is 13.9. The molecular weight excluding hydrogens is 512 g/mol. The Bertz CT molecular complexity index is 1370. The Labute approximate surface area is 222 Å². The van der Waals surface area contributed by atoms with Gasteiger partial charge in [-0.05, 0) is 85.4 Å². The average Bonchev–Trinajstić information content (AvgIpc) is 3.52. The number of sulfonamides is 1. The molecule has 2 aliphatic heterocycles. The number of nitrogens with zero attached hydrogens (tertiary/aromatic N) is 1. The summed E-state index contributed by atoms with van der Waals surface area (Å²) in [7, 11) is -3.47. The molecule has 2 saturated carbocycles. The minimum Gasteiger partial charge on any atom is -0.371 e. The number of ether oxygens (including phenoxy) is 1. The lowest BCUT2D eigenvalue weighted by Crippen LogP contribution is -2.36. The summed E-state index contributed by atoms with van der Waals surface area (Å²) < 4.78 is 60.0.